The second kappa shape index (κ2) is 9.65. The smallest absolute Gasteiger partial charge is 0.262 e. The number of hydrogen-bond donors (Lipinski definition) is 2. The highest BCUT2D eigenvalue weighted by molar-refractivity contribution is 5.97. The normalized spacial score (nSPS) is 11.6. The number of hydrogen-bond acceptors (Lipinski definition) is 3. The Bertz CT molecular complexity index is 888. The number of carbonyl (C=O) groups excluding carboxylic acids is 1. The SMILES string of the molecule is Cc1cc(/C=C/C=C/C=C(\C#N)C(=O)NCc2ccccc2)ccc1O. The van der Waals surface area contributed by atoms with Crippen LogP contribution in [0.4, 0.5) is 0 Å². The first-order chi connectivity index (χ1) is 12.6. The standard InChI is InChI=1S/C22H20N2O2/c1-17-14-18(12-13-21(17)25)8-4-3-7-11-20(15-23)22(26)24-16-19-9-5-2-6-10-19/h2-14,25H,16H2,1H3,(H,24,26)/b7-3+,8-4+,20-11+. The molecule has 0 aliphatic heterocycles. The molecule has 0 unspecified atom stereocenters. The summed E-state index contributed by atoms with van der Waals surface area (Å²) in [6.45, 7) is 2.21. The summed E-state index contributed by atoms with van der Waals surface area (Å²) in [6, 6.07) is 16.7. The lowest BCUT2D eigenvalue weighted by atomic mass is 10.1. The van der Waals surface area contributed by atoms with E-state index in [1.54, 1.807) is 30.4 Å². The van der Waals surface area contributed by atoms with Gasteiger partial charge in [-0.05, 0) is 41.8 Å². The average Bonchev–Trinajstić information content (AvgIpc) is 2.66. The largest absolute Gasteiger partial charge is 0.508 e. The fraction of sp³-hybridized carbons (Fsp3) is 0.0909. The van der Waals surface area contributed by atoms with Gasteiger partial charge in [0.05, 0.1) is 0 Å². The third-order valence-corrected chi connectivity index (χ3v) is 3.66. The molecule has 2 N–H and O–H groups in total. The summed E-state index contributed by atoms with van der Waals surface area (Å²) in [7, 11) is 0. The maximum atomic E-state index is 12.0. The highest BCUT2D eigenvalue weighted by atomic mass is 16.3. The molecule has 1 amide bonds. The van der Waals surface area contributed by atoms with Crippen LogP contribution in [0.25, 0.3) is 6.08 Å². The van der Waals surface area contributed by atoms with E-state index in [2.05, 4.69) is 5.32 Å². The summed E-state index contributed by atoms with van der Waals surface area (Å²) < 4.78 is 0. The Kier molecular flexibility index (Phi) is 6.96. The highest BCUT2D eigenvalue weighted by Gasteiger charge is 2.06. The molecule has 0 saturated carbocycles. The van der Waals surface area contributed by atoms with Crippen LogP contribution in [0.15, 0.2) is 78.4 Å². The lowest BCUT2D eigenvalue weighted by Gasteiger charge is -2.03. The average molecular weight is 344 g/mol. The van der Waals surface area contributed by atoms with E-state index in [1.807, 2.05) is 55.5 Å². The first-order valence-electron chi connectivity index (χ1n) is 8.17. The Hall–Kier alpha value is -3.58. The molecule has 0 saturated heterocycles. The van der Waals surface area contributed by atoms with Gasteiger partial charge in [-0.2, -0.15) is 5.26 Å². The van der Waals surface area contributed by atoms with Crippen LogP contribution in [0.3, 0.4) is 0 Å². The molecule has 26 heavy (non-hydrogen) atoms. The third kappa shape index (κ3) is 5.81. The van der Waals surface area contributed by atoms with E-state index < -0.39 is 5.91 Å². The molecular weight excluding hydrogens is 324 g/mol. The van der Waals surface area contributed by atoms with E-state index in [0.717, 1.165) is 16.7 Å². The van der Waals surface area contributed by atoms with Crippen molar-refractivity contribution in [3.05, 3.63) is 95.1 Å². The van der Waals surface area contributed by atoms with Crippen LogP contribution in [0.2, 0.25) is 0 Å². The third-order valence-electron chi connectivity index (χ3n) is 3.66. The van der Waals surface area contributed by atoms with Gasteiger partial charge >= 0.3 is 0 Å². The lowest BCUT2D eigenvalue weighted by Crippen LogP contribution is -2.23. The molecule has 0 spiro atoms. The molecule has 0 atom stereocenters. The van der Waals surface area contributed by atoms with Crippen LogP contribution in [0, 0.1) is 18.3 Å². The highest BCUT2D eigenvalue weighted by Crippen LogP contribution is 2.17. The van der Waals surface area contributed by atoms with Gasteiger partial charge in [0.2, 0.25) is 0 Å². The van der Waals surface area contributed by atoms with Crippen molar-refractivity contribution < 1.29 is 9.90 Å². The van der Waals surface area contributed by atoms with E-state index in [-0.39, 0.29) is 11.3 Å². The molecule has 2 aromatic carbocycles. The number of allylic oxidation sites excluding steroid dienone is 4. The zero-order valence-corrected chi connectivity index (χ0v) is 14.5. The maximum absolute atomic E-state index is 12.0. The number of amides is 1. The molecule has 0 fully saturated rings. The van der Waals surface area contributed by atoms with Gasteiger partial charge in [0.15, 0.2) is 0 Å². The van der Waals surface area contributed by atoms with Gasteiger partial charge in [0.1, 0.15) is 17.4 Å². The molecule has 0 aliphatic rings. The van der Waals surface area contributed by atoms with Crippen molar-refractivity contribution in [2.75, 3.05) is 0 Å². The Labute approximate surface area is 153 Å². The number of phenols is 1. The number of nitrogens with zero attached hydrogens (tertiary/aromatic N) is 1. The molecule has 0 aliphatic carbocycles. The van der Waals surface area contributed by atoms with Crippen LogP contribution in [-0.2, 0) is 11.3 Å². The first kappa shape index (κ1) is 18.8. The zero-order valence-electron chi connectivity index (χ0n) is 14.5. The van der Waals surface area contributed by atoms with E-state index >= 15 is 0 Å². The molecule has 130 valence electrons. The Morgan fingerprint density at radius 3 is 2.62 bits per heavy atom. The fourth-order valence-electron chi connectivity index (χ4n) is 2.20. The molecule has 0 bridgehead atoms. The lowest BCUT2D eigenvalue weighted by molar-refractivity contribution is -0.117. The van der Waals surface area contributed by atoms with E-state index in [9.17, 15) is 9.90 Å². The summed E-state index contributed by atoms with van der Waals surface area (Å²) in [5.41, 5.74) is 2.78. The van der Waals surface area contributed by atoms with Crippen molar-refractivity contribution in [3.63, 3.8) is 0 Å². The minimum absolute atomic E-state index is 0.0473. The van der Waals surface area contributed by atoms with E-state index in [1.165, 1.54) is 6.08 Å². The van der Waals surface area contributed by atoms with Crippen molar-refractivity contribution in [1.82, 2.24) is 5.32 Å². The van der Waals surface area contributed by atoms with Crippen molar-refractivity contribution in [2.45, 2.75) is 13.5 Å². The Balaban J connectivity index is 1.92. The minimum Gasteiger partial charge on any atom is -0.508 e. The molecule has 2 rings (SSSR count). The summed E-state index contributed by atoms with van der Waals surface area (Å²) in [5.74, 6) is -0.139. The molecule has 4 nitrogen and oxygen atoms in total. The predicted octanol–water partition coefficient (Wildman–Crippen LogP) is 4.04. The number of rotatable bonds is 6. The van der Waals surface area contributed by atoms with Gasteiger partial charge in [0, 0.05) is 6.54 Å². The number of aromatic hydroxyl groups is 1. The van der Waals surface area contributed by atoms with Crippen LogP contribution in [0.5, 0.6) is 5.75 Å². The molecule has 4 heteroatoms. The van der Waals surface area contributed by atoms with Crippen LogP contribution in [0.1, 0.15) is 16.7 Å². The molecule has 0 aromatic heterocycles. The minimum atomic E-state index is -0.404. The fourth-order valence-corrected chi connectivity index (χ4v) is 2.20. The van der Waals surface area contributed by atoms with Crippen LogP contribution >= 0.6 is 0 Å². The summed E-state index contributed by atoms with van der Waals surface area (Å²) >= 11 is 0. The van der Waals surface area contributed by atoms with Crippen molar-refractivity contribution >= 4 is 12.0 Å². The molecule has 2 aromatic rings. The van der Waals surface area contributed by atoms with Gasteiger partial charge in [0.25, 0.3) is 5.91 Å². The summed E-state index contributed by atoms with van der Waals surface area (Å²) in [6.07, 6.45) is 8.54. The second-order valence-corrected chi connectivity index (χ2v) is 5.65. The topological polar surface area (TPSA) is 73.1 Å². The Morgan fingerprint density at radius 1 is 1.15 bits per heavy atom. The van der Waals surface area contributed by atoms with Gasteiger partial charge in [-0.1, -0.05) is 60.7 Å². The van der Waals surface area contributed by atoms with Gasteiger partial charge in [-0.25, -0.2) is 0 Å². The molecule has 0 heterocycles. The predicted molar refractivity (Wildman–Crippen MR) is 103 cm³/mol. The Morgan fingerprint density at radius 2 is 1.92 bits per heavy atom. The summed E-state index contributed by atoms with van der Waals surface area (Å²) in [5, 5.41) is 21.3. The van der Waals surface area contributed by atoms with E-state index in [4.69, 9.17) is 5.26 Å². The second-order valence-electron chi connectivity index (χ2n) is 5.65. The van der Waals surface area contributed by atoms with Gasteiger partial charge in [-0.3, -0.25) is 4.79 Å². The number of aryl methyl sites for hydroxylation is 1. The zero-order chi connectivity index (χ0) is 18.8. The molecular formula is C22H20N2O2. The van der Waals surface area contributed by atoms with E-state index in [0.29, 0.717) is 6.54 Å². The van der Waals surface area contributed by atoms with Crippen molar-refractivity contribution in [1.29, 1.82) is 5.26 Å². The number of nitrogens with one attached hydrogen (secondary N) is 1. The number of phenolic OH excluding ortho intramolecular Hbond substituents is 1. The quantitative estimate of drug-likeness (QED) is 0.472. The number of benzene rings is 2. The molecule has 0 radical (unpaired) electrons. The van der Waals surface area contributed by atoms with Crippen LogP contribution in [-0.4, -0.2) is 11.0 Å². The summed E-state index contributed by atoms with van der Waals surface area (Å²) in [4.78, 5) is 12.0. The first-order valence-corrected chi connectivity index (χ1v) is 8.17. The maximum Gasteiger partial charge on any atom is 0.262 e. The number of carbonyl (C=O) groups is 1. The van der Waals surface area contributed by atoms with Gasteiger partial charge in [-0.15, -0.1) is 0 Å². The van der Waals surface area contributed by atoms with Crippen LogP contribution < -0.4 is 5.32 Å². The number of nitriles is 1. The van der Waals surface area contributed by atoms with Gasteiger partial charge < -0.3 is 10.4 Å². The van der Waals surface area contributed by atoms with Crippen molar-refractivity contribution in [3.8, 4) is 11.8 Å². The monoisotopic (exact) mass is 344 g/mol. The van der Waals surface area contributed by atoms with Crippen molar-refractivity contribution in [2.24, 2.45) is 0 Å².